The molecule has 2 saturated heterocycles. The van der Waals surface area contributed by atoms with Crippen LogP contribution in [0.25, 0.3) is 16.9 Å². The number of amides is 1. The number of benzene rings is 2. The summed E-state index contributed by atoms with van der Waals surface area (Å²) in [5.41, 5.74) is 7.05. The molecule has 0 radical (unpaired) electrons. The second kappa shape index (κ2) is 11.4. The number of ether oxygens (including phenoxy) is 1. The standard InChI is InChI=1S/C32H34N8O3/c1-32(2,37-15-7-16-37)18-22(19-33)30(41)38-17-6-8-24(38)20-39-29-27(28(34)35-21-36-29)40(31(39)42)23-11-13-26(14-12-23)43-25-9-4-3-5-10-25/h3-5,9-14,18,21,24H,6-8,15-17,20H2,1-2H3,(H2,34,35,36). The van der Waals surface area contributed by atoms with Crippen LogP contribution >= 0.6 is 0 Å². The number of carbonyl (C=O) groups is 1. The molecule has 6 rings (SSSR count). The third-order valence-corrected chi connectivity index (χ3v) is 8.36. The zero-order valence-corrected chi connectivity index (χ0v) is 24.3. The summed E-state index contributed by atoms with van der Waals surface area (Å²) in [7, 11) is 0. The lowest BCUT2D eigenvalue weighted by Gasteiger charge is -2.43. The Hall–Kier alpha value is -4.95. The number of nitrogen functional groups attached to an aromatic ring is 1. The summed E-state index contributed by atoms with van der Waals surface area (Å²) < 4.78 is 8.96. The molecule has 43 heavy (non-hydrogen) atoms. The first-order chi connectivity index (χ1) is 20.8. The number of anilines is 1. The van der Waals surface area contributed by atoms with Crippen LogP contribution < -0.4 is 16.2 Å². The van der Waals surface area contributed by atoms with Gasteiger partial charge in [0.25, 0.3) is 5.91 Å². The molecule has 1 atom stereocenters. The summed E-state index contributed by atoms with van der Waals surface area (Å²) in [6.07, 6.45) is 5.70. The van der Waals surface area contributed by atoms with Crippen molar-refractivity contribution in [2.45, 2.75) is 51.2 Å². The molecule has 1 unspecified atom stereocenters. The normalized spacial score (nSPS) is 17.6. The van der Waals surface area contributed by atoms with Gasteiger partial charge in [-0.25, -0.2) is 14.8 Å². The number of carbonyl (C=O) groups excluding carboxylic acids is 1. The van der Waals surface area contributed by atoms with Crippen LogP contribution in [0.15, 0.2) is 77.4 Å². The van der Waals surface area contributed by atoms with Crippen molar-refractivity contribution in [2.24, 2.45) is 0 Å². The van der Waals surface area contributed by atoms with Crippen molar-refractivity contribution in [3.63, 3.8) is 0 Å². The highest BCUT2D eigenvalue weighted by atomic mass is 16.5. The Labute approximate surface area is 249 Å². The minimum absolute atomic E-state index is 0.128. The molecular weight excluding hydrogens is 544 g/mol. The number of aromatic nitrogens is 4. The fourth-order valence-corrected chi connectivity index (χ4v) is 5.93. The van der Waals surface area contributed by atoms with Gasteiger partial charge in [-0.1, -0.05) is 18.2 Å². The van der Waals surface area contributed by atoms with Crippen LogP contribution in [0, 0.1) is 11.3 Å². The molecular formula is C32H34N8O3. The molecule has 0 bridgehead atoms. The Bertz CT molecular complexity index is 1780. The first-order valence-electron chi connectivity index (χ1n) is 14.5. The van der Waals surface area contributed by atoms with Gasteiger partial charge in [-0.3, -0.25) is 18.8 Å². The van der Waals surface area contributed by atoms with Crippen molar-refractivity contribution in [3.05, 3.63) is 83.1 Å². The van der Waals surface area contributed by atoms with Crippen molar-refractivity contribution >= 4 is 22.9 Å². The van der Waals surface area contributed by atoms with Crippen LogP contribution in [0.5, 0.6) is 11.5 Å². The van der Waals surface area contributed by atoms with Gasteiger partial charge in [0.15, 0.2) is 11.5 Å². The highest BCUT2D eigenvalue weighted by Crippen LogP contribution is 2.28. The lowest BCUT2D eigenvalue weighted by atomic mass is 9.95. The average molecular weight is 579 g/mol. The molecule has 2 aromatic carbocycles. The number of nitrogens with two attached hydrogens (primary N) is 1. The van der Waals surface area contributed by atoms with Crippen molar-refractivity contribution in [3.8, 4) is 23.3 Å². The van der Waals surface area contributed by atoms with Crippen molar-refractivity contribution in [2.75, 3.05) is 25.4 Å². The zero-order chi connectivity index (χ0) is 30.1. The van der Waals surface area contributed by atoms with Crippen LogP contribution in [-0.2, 0) is 11.3 Å². The highest BCUT2D eigenvalue weighted by Gasteiger charge is 2.35. The Morgan fingerprint density at radius 2 is 1.79 bits per heavy atom. The van der Waals surface area contributed by atoms with E-state index >= 15 is 0 Å². The molecule has 2 aliphatic heterocycles. The van der Waals surface area contributed by atoms with Crippen LogP contribution in [0.2, 0.25) is 0 Å². The van der Waals surface area contributed by atoms with E-state index < -0.39 is 5.54 Å². The van der Waals surface area contributed by atoms with E-state index in [0.29, 0.717) is 41.3 Å². The maximum Gasteiger partial charge on any atom is 0.335 e. The first kappa shape index (κ1) is 28.2. The minimum atomic E-state index is -0.394. The van der Waals surface area contributed by atoms with E-state index in [9.17, 15) is 14.9 Å². The van der Waals surface area contributed by atoms with Gasteiger partial charge in [0.2, 0.25) is 0 Å². The summed E-state index contributed by atoms with van der Waals surface area (Å²) in [4.78, 5) is 40.2. The summed E-state index contributed by atoms with van der Waals surface area (Å²) in [6, 6.07) is 18.4. The van der Waals surface area contributed by atoms with Gasteiger partial charge in [-0.2, -0.15) is 5.26 Å². The fraction of sp³-hybridized carbons (Fsp3) is 0.344. The first-order valence-corrected chi connectivity index (χ1v) is 14.5. The number of para-hydroxylation sites is 1. The predicted octanol–water partition coefficient (Wildman–Crippen LogP) is 3.88. The van der Waals surface area contributed by atoms with E-state index in [1.807, 2.05) is 44.2 Å². The fourth-order valence-electron chi connectivity index (χ4n) is 5.93. The maximum atomic E-state index is 14.0. The number of imidazole rings is 1. The second-order valence-corrected chi connectivity index (χ2v) is 11.5. The van der Waals surface area contributed by atoms with Gasteiger partial charge in [-0.05, 0) is 75.6 Å². The topological polar surface area (TPSA) is 135 Å². The third-order valence-electron chi connectivity index (χ3n) is 8.36. The summed E-state index contributed by atoms with van der Waals surface area (Å²) in [6.45, 7) is 6.68. The monoisotopic (exact) mass is 578 g/mol. The molecule has 4 aromatic rings. The van der Waals surface area contributed by atoms with E-state index in [-0.39, 0.29) is 35.6 Å². The molecule has 2 N–H and O–H groups in total. The Balaban J connectivity index is 1.30. The molecule has 2 aromatic heterocycles. The summed E-state index contributed by atoms with van der Waals surface area (Å²) >= 11 is 0. The molecule has 11 heteroatoms. The SMILES string of the molecule is CC(C)(C=C(C#N)C(=O)N1CCCC1Cn1c(=O)n(-c2ccc(Oc3ccccc3)cc2)c2c(N)ncnc21)N1CCC1. The molecule has 2 aliphatic rings. The van der Waals surface area contributed by atoms with Gasteiger partial charge in [0.1, 0.15) is 35.0 Å². The maximum absolute atomic E-state index is 14.0. The number of likely N-dealkylation sites (tertiary alicyclic amines) is 2. The summed E-state index contributed by atoms with van der Waals surface area (Å²) in [5, 5.41) is 9.93. The molecule has 4 heterocycles. The Morgan fingerprint density at radius 3 is 2.47 bits per heavy atom. The Kier molecular flexibility index (Phi) is 7.46. The third kappa shape index (κ3) is 5.37. The quantitative estimate of drug-likeness (QED) is 0.246. The van der Waals surface area contributed by atoms with Crippen LogP contribution in [0.3, 0.4) is 0 Å². The summed E-state index contributed by atoms with van der Waals surface area (Å²) in [5.74, 6) is 1.19. The lowest BCUT2D eigenvalue weighted by Crippen LogP contribution is -2.51. The largest absolute Gasteiger partial charge is 0.457 e. The number of fused-ring (bicyclic) bond motifs is 1. The number of rotatable bonds is 8. The average Bonchev–Trinajstić information content (AvgIpc) is 3.54. The van der Waals surface area contributed by atoms with Crippen molar-refractivity contribution in [1.29, 1.82) is 5.26 Å². The van der Waals surface area contributed by atoms with E-state index in [1.165, 1.54) is 10.9 Å². The van der Waals surface area contributed by atoms with E-state index in [1.54, 1.807) is 39.8 Å². The molecule has 11 nitrogen and oxygen atoms in total. The molecule has 0 spiro atoms. The van der Waals surface area contributed by atoms with Gasteiger partial charge < -0.3 is 15.4 Å². The number of nitrogens with zero attached hydrogens (tertiary/aromatic N) is 7. The number of hydrogen-bond donors (Lipinski definition) is 1. The van der Waals surface area contributed by atoms with Crippen LogP contribution in [0.1, 0.15) is 33.1 Å². The van der Waals surface area contributed by atoms with Gasteiger partial charge >= 0.3 is 5.69 Å². The molecule has 0 aliphatic carbocycles. The number of nitriles is 1. The number of hydrogen-bond acceptors (Lipinski definition) is 8. The van der Waals surface area contributed by atoms with Crippen LogP contribution in [0.4, 0.5) is 5.82 Å². The molecule has 0 saturated carbocycles. The van der Waals surface area contributed by atoms with E-state index in [2.05, 4.69) is 20.9 Å². The molecule has 1 amide bonds. The van der Waals surface area contributed by atoms with Crippen LogP contribution in [-0.4, -0.2) is 66.0 Å². The van der Waals surface area contributed by atoms with Gasteiger partial charge in [0, 0.05) is 31.7 Å². The predicted molar refractivity (Wildman–Crippen MR) is 163 cm³/mol. The van der Waals surface area contributed by atoms with Gasteiger partial charge in [0.05, 0.1) is 11.7 Å². The van der Waals surface area contributed by atoms with Crippen molar-refractivity contribution < 1.29 is 9.53 Å². The van der Waals surface area contributed by atoms with E-state index in [4.69, 9.17) is 10.5 Å². The van der Waals surface area contributed by atoms with Gasteiger partial charge in [-0.15, -0.1) is 0 Å². The Morgan fingerprint density at radius 1 is 1.07 bits per heavy atom. The molecule has 220 valence electrons. The van der Waals surface area contributed by atoms with E-state index in [0.717, 1.165) is 25.9 Å². The van der Waals surface area contributed by atoms with Crippen molar-refractivity contribution in [1.82, 2.24) is 28.9 Å². The molecule has 2 fully saturated rings. The zero-order valence-electron chi connectivity index (χ0n) is 24.3. The second-order valence-electron chi connectivity index (χ2n) is 11.5. The smallest absolute Gasteiger partial charge is 0.335 e. The minimum Gasteiger partial charge on any atom is -0.457 e. The highest BCUT2D eigenvalue weighted by molar-refractivity contribution is 5.97. The lowest BCUT2D eigenvalue weighted by molar-refractivity contribution is -0.127.